The molecule has 0 aliphatic rings. The maximum Gasteiger partial charge on any atom is 0.340 e. The number of carbonyl (C=O) groups excluding carboxylic acids is 2. The van der Waals surface area contributed by atoms with Crippen molar-refractivity contribution in [3.8, 4) is 0 Å². The fourth-order valence-electron chi connectivity index (χ4n) is 1.54. The van der Waals surface area contributed by atoms with Crippen LogP contribution in [0.25, 0.3) is 0 Å². The molecule has 0 unspecified atom stereocenters. The van der Waals surface area contributed by atoms with E-state index in [4.69, 9.17) is 9.47 Å². The topological polar surface area (TPSA) is 52.6 Å². The summed E-state index contributed by atoms with van der Waals surface area (Å²) in [5.74, 6) is -0.570. The van der Waals surface area contributed by atoms with Crippen LogP contribution in [0.2, 0.25) is 0 Å². The molecule has 5 heteroatoms. The Bertz CT molecular complexity index is 509. The third-order valence-electron chi connectivity index (χ3n) is 2.53. The van der Waals surface area contributed by atoms with E-state index in [2.05, 4.69) is 15.9 Å². The van der Waals surface area contributed by atoms with Gasteiger partial charge in [-0.2, -0.15) is 0 Å². The second-order valence-corrected chi connectivity index (χ2v) is 6.50. The Balaban J connectivity index is 2.97. The zero-order valence-corrected chi connectivity index (χ0v) is 14.4. The van der Waals surface area contributed by atoms with Crippen molar-refractivity contribution in [3.05, 3.63) is 33.8 Å². The summed E-state index contributed by atoms with van der Waals surface area (Å²) in [7, 11) is 0. The summed E-state index contributed by atoms with van der Waals surface area (Å²) >= 11 is 3.29. The highest BCUT2D eigenvalue weighted by Gasteiger charge is 2.22. The number of esters is 2. The fraction of sp³-hybridized carbons (Fsp3) is 0.500. The molecule has 0 radical (unpaired) electrons. The quantitative estimate of drug-likeness (QED) is 0.720. The molecule has 21 heavy (non-hydrogen) atoms. The minimum atomic E-state index is -0.521. The third-order valence-corrected chi connectivity index (χ3v) is 3.19. The molecule has 4 nitrogen and oxygen atoms in total. The van der Waals surface area contributed by atoms with Crippen molar-refractivity contribution < 1.29 is 19.1 Å². The molecule has 0 bridgehead atoms. The van der Waals surface area contributed by atoms with Gasteiger partial charge in [-0.05, 0) is 39.9 Å². The normalized spacial score (nSPS) is 10.8. The van der Waals surface area contributed by atoms with E-state index in [0.717, 1.165) is 0 Å². The second-order valence-electron chi connectivity index (χ2n) is 5.65. The van der Waals surface area contributed by atoms with Crippen LogP contribution in [0.1, 0.15) is 48.4 Å². The van der Waals surface area contributed by atoms with Gasteiger partial charge in [-0.1, -0.05) is 33.8 Å². The van der Waals surface area contributed by atoms with E-state index in [9.17, 15) is 9.59 Å². The van der Waals surface area contributed by atoms with Crippen LogP contribution in [0, 0.1) is 11.8 Å². The van der Waals surface area contributed by atoms with Crippen LogP contribution in [0.5, 0.6) is 0 Å². The van der Waals surface area contributed by atoms with Gasteiger partial charge in [0.2, 0.25) is 0 Å². The number of hydrogen-bond donors (Lipinski definition) is 0. The summed E-state index contributed by atoms with van der Waals surface area (Å²) in [6.07, 6.45) is 0. The lowest BCUT2D eigenvalue weighted by atomic mass is 10.1. The van der Waals surface area contributed by atoms with Gasteiger partial charge in [0.15, 0.2) is 0 Å². The average Bonchev–Trinajstić information content (AvgIpc) is 2.41. The molecule has 1 rings (SSSR count). The maximum absolute atomic E-state index is 12.2. The Morgan fingerprint density at radius 3 is 2.05 bits per heavy atom. The molecule has 0 atom stereocenters. The van der Waals surface area contributed by atoms with Crippen molar-refractivity contribution >= 4 is 27.9 Å². The molecule has 0 aliphatic heterocycles. The summed E-state index contributed by atoms with van der Waals surface area (Å²) in [6.45, 7) is 8.42. The summed E-state index contributed by atoms with van der Waals surface area (Å²) in [5.41, 5.74) is 0.436. The molecule has 0 amide bonds. The van der Waals surface area contributed by atoms with Crippen LogP contribution in [0.4, 0.5) is 0 Å². The molecule has 1 aromatic rings. The first-order chi connectivity index (χ1) is 9.82. The van der Waals surface area contributed by atoms with Crippen LogP contribution in [0.3, 0.4) is 0 Å². The van der Waals surface area contributed by atoms with Crippen LogP contribution in [-0.4, -0.2) is 25.2 Å². The molecule has 0 fully saturated rings. The second kappa shape index (κ2) is 8.17. The van der Waals surface area contributed by atoms with Crippen molar-refractivity contribution in [2.75, 3.05) is 13.2 Å². The van der Waals surface area contributed by atoms with E-state index in [-0.39, 0.29) is 23.0 Å². The van der Waals surface area contributed by atoms with Crippen molar-refractivity contribution in [2.45, 2.75) is 27.7 Å². The number of hydrogen-bond acceptors (Lipinski definition) is 4. The smallest absolute Gasteiger partial charge is 0.340 e. The summed E-state index contributed by atoms with van der Waals surface area (Å²) in [5, 5.41) is 0. The van der Waals surface area contributed by atoms with E-state index in [1.54, 1.807) is 18.2 Å². The largest absolute Gasteiger partial charge is 0.462 e. The van der Waals surface area contributed by atoms with Gasteiger partial charge in [0, 0.05) is 4.47 Å². The van der Waals surface area contributed by atoms with E-state index < -0.39 is 11.9 Å². The average molecular weight is 357 g/mol. The summed E-state index contributed by atoms with van der Waals surface area (Å²) in [4.78, 5) is 24.3. The Labute approximate surface area is 133 Å². The monoisotopic (exact) mass is 356 g/mol. The SMILES string of the molecule is CC(C)COC(=O)c1cccc(Br)c1C(=O)OCC(C)C. The molecule has 0 N–H and O–H groups in total. The highest BCUT2D eigenvalue weighted by molar-refractivity contribution is 9.10. The van der Waals surface area contributed by atoms with Crippen molar-refractivity contribution in [1.29, 1.82) is 0 Å². The molecule has 0 spiro atoms. The van der Waals surface area contributed by atoms with Crippen LogP contribution in [0.15, 0.2) is 22.7 Å². The minimum absolute atomic E-state index is 0.215. The molecule has 0 aliphatic carbocycles. The van der Waals surface area contributed by atoms with Crippen molar-refractivity contribution in [1.82, 2.24) is 0 Å². The van der Waals surface area contributed by atoms with Crippen molar-refractivity contribution in [2.24, 2.45) is 11.8 Å². The standard InChI is InChI=1S/C16H21BrO4/c1-10(2)8-20-15(18)12-6-5-7-13(17)14(12)16(19)21-9-11(3)4/h5-7,10-11H,8-9H2,1-4H3. The fourth-order valence-corrected chi connectivity index (χ4v) is 2.06. The number of carbonyl (C=O) groups is 2. The predicted molar refractivity (Wildman–Crippen MR) is 84.4 cm³/mol. The lowest BCUT2D eigenvalue weighted by molar-refractivity contribution is 0.0411. The number of halogens is 1. The third kappa shape index (κ3) is 5.50. The van der Waals surface area contributed by atoms with Gasteiger partial charge in [-0.25, -0.2) is 9.59 Å². The lowest BCUT2D eigenvalue weighted by Gasteiger charge is -2.13. The van der Waals surface area contributed by atoms with Crippen LogP contribution in [-0.2, 0) is 9.47 Å². The first kappa shape index (κ1) is 17.7. The van der Waals surface area contributed by atoms with E-state index in [1.165, 1.54) is 0 Å². The first-order valence-corrected chi connectivity index (χ1v) is 7.75. The highest BCUT2D eigenvalue weighted by Crippen LogP contribution is 2.23. The highest BCUT2D eigenvalue weighted by atomic mass is 79.9. The van der Waals surface area contributed by atoms with Gasteiger partial charge in [0.05, 0.1) is 24.3 Å². The van der Waals surface area contributed by atoms with E-state index in [1.807, 2.05) is 27.7 Å². The zero-order valence-electron chi connectivity index (χ0n) is 12.8. The summed E-state index contributed by atoms with van der Waals surface area (Å²) < 4.78 is 10.9. The molecular formula is C16H21BrO4. The first-order valence-electron chi connectivity index (χ1n) is 6.95. The number of benzene rings is 1. The Kier molecular flexibility index (Phi) is 6.89. The Morgan fingerprint density at radius 2 is 1.52 bits per heavy atom. The van der Waals surface area contributed by atoms with Gasteiger partial charge in [-0.3, -0.25) is 0 Å². The maximum atomic E-state index is 12.2. The van der Waals surface area contributed by atoms with Gasteiger partial charge in [-0.15, -0.1) is 0 Å². The van der Waals surface area contributed by atoms with Gasteiger partial charge < -0.3 is 9.47 Å². The Hall–Kier alpha value is -1.36. The predicted octanol–water partition coefficient (Wildman–Crippen LogP) is 4.07. The van der Waals surface area contributed by atoms with Gasteiger partial charge in [0.1, 0.15) is 0 Å². The number of ether oxygens (including phenoxy) is 2. The number of rotatable bonds is 6. The molecule has 1 aromatic carbocycles. The zero-order chi connectivity index (χ0) is 16.0. The molecule has 0 aromatic heterocycles. The van der Waals surface area contributed by atoms with Gasteiger partial charge in [0.25, 0.3) is 0 Å². The van der Waals surface area contributed by atoms with Gasteiger partial charge >= 0.3 is 11.9 Å². The molecular weight excluding hydrogens is 336 g/mol. The van der Waals surface area contributed by atoms with Crippen molar-refractivity contribution in [3.63, 3.8) is 0 Å². The molecule has 0 saturated carbocycles. The van der Waals surface area contributed by atoms with E-state index in [0.29, 0.717) is 17.7 Å². The molecule has 0 saturated heterocycles. The van der Waals surface area contributed by atoms with Crippen LogP contribution >= 0.6 is 15.9 Å². The molecule has 0 heterocycles. The summed E-state index contributed by atoms with van der Waals surface area (Å²) in [6, 6.07) is 4.96. The van der Waals surface area contributed by atoms with Crippen LogP contribution < -0.4 is 0 Å². The van der Waals surface area contributed by atoms with E-state index >= 15 is 0 Å². The minimum Gasteiger partial charge on any atom is -0.462 e. The molecule has 116 valence electrons. The lowest BCUT2D eigenvalue weighted by Crippen LogP contribution is -2.17. The Morgan fingerprint density at radius 1 is 1.00 bits per heavy atom.